The van der Waals surface area contributed by atoms with Crippen LogP contribution in [0.15, 0.2) is 30.3 Å². The maximum atomic E-state index is 12.1. The molecular weight excluding hydrogens is 314 g/mol. The summed E-state index contributed by atoms with van der Waals surface area (Å²) in [6.07, 6.45) is 3.19. The highest BCUT2D eigenvalue weighted by Gasteiger charge is 2.26. The summed E-state index contributed by atoms with van der Waals surface area (Å²) in [5.74, 6) is 0. The van der Waals surface area contributed by atoms with Gasteiger partial charge in [-0.3, -0.25) is 4.90 Å². The van der Waals surface area contributed by atoms with Crippen molar-refractivity contribution < 1.29 is 9.90 Å². The molecule has 1 aromatic carbocycles. The van der Waals surface area contributed by atoms with Crippen LogP contribution in [0.25, 0.3) is 0 Å². The Kier molecular flexibility index (Phi) is 7.26. The first-order valence-electron chi connectivity index (χ1n) is 9.53. The highest BCUT2D eigenvalue weighted by Crippen LogP contribution is 2.24. The van der Waals surface area contributed by atoms with Crippen molar-refractivity contribution in [1.29, 1.82) is 0 Å². The van der Waals surface area contributed by atoms with E-state index in [-0.39, 0.29) is 12.1 Å². The van der Waals surface area contributed by atoms with Crippen LogP contribution in [0.3, 0.4) is 0 Å². The van der Waals surface area contributed by atoms with Crippen LogP contribution in [0.1, 0.15) is 58.1 Å². The number of nitrogens with zero attached hydrogens (tertiary/aromatic N) is 1. The third-order valence-corrected chi connectivity index (χ3v) is 5.59. The molecular formula is C20H33N3O2. The van der Waals surface area contributed by atoms with Crippen molar-refractivity contribution in [2.75, 3.05) is 19.6 Å². The third-order valence-electron chi connectivity index (χ3n) is 5.59. The number of rotatable bonds is 7. The minimum atomic E-state index is -0.800. The minimum Gasteiger partial charge on any atom is -0.388 e. The maximum Gasteiger partial charge on any atom is 0.315 e. The fourth-order valence-electron chi connectivity index (χ4n) is 3.35. The number of benzene rings is 1. The Morgan fingerprint density at radius 1 is 1.24 bits per heavy atom. The van der Waals surface area contributed by atoms with Crippen LogP contribution in [0.2, 0.25) is 0 Å². The summed E-state index contributed by atoms with van der Waals surface area (Å²) in [6, 6.07) is 11.0. The first-order valence-corrected chi connectivity index (χ1v) is 9.53. The van der Waals surface area contributed by atoms with E-state index in [2.05, 4.69) is 46.7 Å². The second-order valence-corrected chi connectivity index (χ2v) is 7.16. The van der Waals surface area contributed by atoms with Crippen LogP contribution >= 0.6 is 0 Å². The van der Waals surface area contributed by atoms with E-state index in [1.54, 1.807) is 0 Å². The van der Waals surface area contributed by atoms with Crippen molar-refractivity contribution in [3.63, 3.8) is 0 Å². The van der Waals surface area contributed by atoms with Gasteiger partial charge in [-0.15, -0.1) is 0 Å². The molecule has 2 rings (SSSR count). The standard InChI is InChI=1S/C20H33N3O2/c1-4-20(25,5-2)15-21-19(24)22-18-11-13-23(14-12-18)16(3)17-9-7-6-8-10-17/h6-10,16,18,25H,4-5,11-15H2,1-3H3,(H2,21,22,24). The number of urea groups is 1. The zero-order valence-corrected chi connectivity index (χ0v) is 15.8. The first-order chi connectivity index (χ1) is 12.0. The highest BCUT2D eigenvalue weighted by molar-refractivity contribution is 5.74. The molecule has 140 valence electrons. The largest absolute Gasteiger partial charge is 0.388 e. The van der Waals surface area contributed by atoms with Crippen molar-refractivity contribution in [2.45, 2.75) is 64.1 Å². The molecule has 1 aromatic rings. The van der Waals surface area contributed by atoms with E-state index in [1.165, 1.54) is 5.56 Å². The van der Waals surface area contributed by atoms with Crippen molar-refractivity contribution in [3.8, 4) is 0 Å². The number of likely N-dealkylation sites (tertiary alicyclic amines) is 1. The Morgan fingerprint density at radius 3 is 2.40 bits per heavy atom. The second-order valence-electron chi connectivity index (χ2n) is 7.16. The van der Waals surface area contributed by atoms with Crippen LogP contribution in [-0.4, -0.2) is 47.3 Å². The number of aliphatic hydroxyl groups is 1. The Balaban J connectivity index is 1.74. The van der Waals surface area contributed by atoms with E-state index in [0.717, 1.165) is 25.9 Å². The number of piperidine rings is 1. The average Bonchev–Trinajstić information content (AvgIpc) is 2.67. The monoisotopic (exact) mass is 347 g/mol. The lowest BCUT2D eigenvalue weighted by molar-refractivity contribution is 0.0347. The molecule has 2 amide bonds. The molecule has 5 heteroatoms. The summed E-state index contributed by atoms with van der Waals surface area (Å²) >= 11 is 0. The lowest BCUT2D eigenvalue weighted by Crippen LogP contribution is -2.51. The van der Waals surface area contributed by atoms with E-state index in [0.29, 0.717) is 25.4 Å². The van der Waals surface area contributed by atoms with Crippen molar-refractivity contribution in [2.24, 2.45) is 0 Å². The van der Waals surface area contributed by atoms with E-state index < -0.39 is 5.60 Å². The Labute approximate surface area is 151 Å². The van der Waals surface area contributed by atoms with Gasteiger partial charge in [0.2, 0.25) is 0 Å². The molecule has 1 heterocycles. The molecule has 3 N–H and O–H groups in total. The smallest absolute Gasteiger partial charge is 0.315 e. The lowest BCUT2D eigenvalue weighted by Gasteiger charge is -2.36. The van der Waals surface area contributed by atoms with Gasteiger partial charge in [-0.25, -0.2) is 4.79 Å². The van der Waals surface area contributed by atoms with Crippen molar-refractivity contribution in [1.82, 2.24) is 15.5 Å². The number of hydrogen-bond donors (Lipinski definition) is 3. The molecule has 1 aliphatic rings. The zero-order chi connectivity index (χ0) is 18.3. The molecule has 0 aromatic heterocycles. The molecule has 5 nitrogen and oxygen atoms in total. The predicted octanol–water partition coefficient (Wildman–Crippen LogP) is 3.06. The van der Waals surface area contributed by atoms with Gasteiger partial charge in [0, 0.05) is 31.7 Å². The molecule has 1 atom stereocenters. The minimum absolute atomic E-state index is 0.171. The third kappa shape index (κ3) is 5.72. The average molecular weight is 348 g/mol. The van der Waals surface area contributed by atoms with Gasteiger partial charge in [0.1, 0.15) is 0 Å². The van der Waals surface area contributed by atoms with Crippen LogP contribution in [0, 0.1) is 0 Å². The molecule has 0 spiro atoms. The fourth-order valence-corrected chi connectivity index (χ4v) is 3.35. The summed E-state index contributed by atoms with van der Waals surface area (Å²) in [4.78, 5) is 14.6. The fraction of sp³-hybridized carbons (Fsp3) is 0.650. The maximum absolute atomic E-state index is 12.1. The summed E-state index contributed by atoms with van der Waals surface area (Å²) in [5, 5.41) is 16.1. The quantitative estimate of drug-likeness (QED) is 0.710. The molecule has 1 saturated heterocycles. The van der Waals surface area contributed by atoms with E-state index in [9.17, 15) is 9.90 Å². The summed E-state index contributed by atoms with van der Waals surface area (Å²) in [5.41, 5.74) is 0.538. The Hall–Kier alpha value is -1.59. The normalized spacial score (nSPS) is 17.9. The highest BCUT2D eigenvalue weighted by atomic mass is 16.3. The van der Waals surface area contributed by atoms with Gasteiger partial charge >= 0.3 is 6.03 Å². The van der Waals surface area contributed by atoms with Crippen LogP contribution in [-0.2, 0) is 0 Å². The number of nitrogens with one attached hydrogen (secondary N) is 2. The molecule has 25 heavy (non-hydrogen) atoms. The van der Waals surface area contributed by atoms with Gasteiger partial charge in [-0.05, 0) is 38.2 Å². The lowest BCUT2D eigenvalue weighted by atomic mass is 9.98. The van der Waals surface area contributed by atoms with Crippen molar-refractivity contribution >= 4 is 6.03 Å². The first kappa shape index (κ1) is 19.7. The number of hydrogen-bond acceptors (Lipinski definition) is 3. The molecule has 0 aliphatic carbocycles. The van der Waals surface area contributed by atoms with Gasteiger partial charge < -0.3 is 15.7 Å². The topological polar surface area (TPSA) is 64.6 Å². The van der Waals surface area contributed by atoms with Crippen LogP contribution in [0.4, 0.5) is 4.79 Å². The van der Waals surface area contributed by atoms with Gasteiger partial charge in [0.15, 0.2) is 0 Å². The Bertz CT molecular complexity index is 523. The summed E-state index contributed by atoms with van der Waals surface area (Å²) < 4.78 is 0. The summed E-state index contributed by atoms with van der Waals surface area (Å²) in [7, 11) is 0. The molecule has 0 bridgehead atoms. The molecule has 1 fully saturated rings. The SMILES string of the molecule is CCC(O)(CC)CNC(=O)NC1CCN(C(C)c2ccccc2)CC1. The molecule has 1 unspecified atom stereocenters. The van der Waals surface area contributed by atoms with Crippen LogP contribution in [0.5, 0.6) is 0 Å². The summed E-state index contributed by atoms with van der Waals surface area (Å²) in [6.45, 7) is 8.38. The zero-order valence-electron chi connectivity index (χ0n) is 15.8. The van der Waals surface area contributed by atoms with E-state index in [4.69, 9.17) is 0 Å². The number of carbonyl (C=O) groups is 1. The van der Waals surface area contributed by atoms with Gasteiger partial charge in [0.05, 0.1) is 5.60 Å². The molecule has 1 aliphatic heterocycles. The van der Waals surface area contributed by atoms with E-state index in [1.807, 2.05) is 19.9 Å². The van der Waals surface area contributed by atoms with Crippen LogP contribution < -0.4 is 10.6 Å². The number of carbonyl (C=O) groups excluding carboxylic acids is 1. The van der Waals surface area contributed by atoms with Crippen molar-refractivity contribution in [3.05, 3.63) is 35.9 Å². The molecule has 0 saturated carbocycles. The van der Waals surface area contributed by atoms with Gasteiger partial charge in [0.25, 0.3) is 0 Å². The predicted molar refractivity (Wildman–Crippen MR) is 102 cm³/mol. The Morgan fingerprint density at radius 2 is 1.84 bits per heavy atom. The second kappa shape index (κ2) is 9.20. The van der Waals surface area contributed by atoms with Gasteiger partial charge in [-0.1, -0.05) is 44.2 Å². The van der Waals surface area contributed by atoms with Gasteiger partial charge in [-0.2, -0.15) is 0 Å². The van der Waals surface area contributed by atoms with E-state index >= 15 is 0 Å². The number of amides is 2. The molecule has 0 radical (unpaired) electrons.